The van der Waals surface area contributed by atoms with Crippen LogP contribution in [0.3, 0.4) is 0 Å². The van der Waals surface area contributed by atoms with Crippen molar-refractivity contribution < 1.29 is 14.7 Å². The van der Waals surface area contributed by atoms with E-state index in [0.29, 0.717) is 12.0 Å². The molecular formula is C16H18N2O3. The minimum Gasteiger partial charge on any atom is -0.480 e. The van der Waals surface area contributed by atoms with Crippen molar-refractivity contribution >= 4 is 18.0 Å². The Kier molecular flexibility index (Phi) is 6.15. The molecule has 1 unspecified atom stereocenters. The molecule has 5 nitrogen and oxygen atoms in total. The summed E-state index contributed by atoms with van der Waals surface area (Å²) in [5.41, 5.74) is 1.33. The number of rotatable bonds is 6. The molecule has 0 heterocycles. The van der Waals surface area contributed by atoms with Gasteiger partial charge in [0.1, 0.15) is 6.54 Å². The zero-order valence-electron chi connectivity index (χ0n) is 12.1. The van der Waals surface area contributed by atoms with Crippen molar-refractivity contribution in [3.63, 3.8) is 0 Å². The van der Waals surface area contributed by atoms with Crippen LogP contribution in [0.25, 0.3) is 6.08 Å². The highest BCUT2D eigenvalue weighted by Gasteiger charge is 2.19. The molecule has 110 valence electrons. The summed E-state index contributed by atoms with van der Waals surface area (Å²) in [6, 6.07) is 8.66. The molecule has 1 N–H and O–H groups in total. The van der Waals surface area contributed by atoms with Crippen molar-refractivity contribution in [3.8, 4) is 6.07 Å². The zero-order valence-corrected chi connectivity index (χ0v) is 12.1. The number of hydrogen-bond donors (Lipinski definition) is 1. The number of nitrogens with zero attached hydrogens (tertiary/aromatic N) is 2. The molecule has 1 atom stereocenters. The highest BCUT2D eigenvalue weighted by Crippen LogP contribution is 2.08. The quantitative estimate of drug-likeness (QED) is 0.813. The van der Waals surface area contributed by atoms with Gasteiger partial charge in [-0.2, -0.15) is 5.26 Å². The largest absolute Gasteiger partial charge is 0.480 e. The monoisotopic (exact) mass is 286 g/mol. The van der Waals surface area contributed by atoms with E-state index < -0.39 is 5.97 Å². The maximum Gasteiger partial charge on any atom is 0.323 e. The van der Waals surface area contributed by atoms with Gasteiger partial charge in [0, 0.05) is 12.1 Å². The van der Waals surface area contributed by atoms with Crippen LogP contribution in [-0.4, -0.2) is 34.5 Å². The maximum atomic E-state index is 12.1. The summed E-state index contributed by atoms with van der Waals surface area (Å²) in [7, 11) is 0. The van der Waals surface area contributed by atoms with Crippen molar-refractivity contribution in [1.82, 2.24) is 4.90 Å². The summed E-state index contributed by atoms with van der Waals surface area (Å²) in [6.07, 6.45) is 3.65. The zero-order chi connectivity index (χ0) is 15.8. The third-order valence-electron chi connectivity index (χ3n) is 3.17. The molecule has 0 aliphatic carbocycles. The van der Waals surface area contributed by atoms with Gasteiger partial charge in [-0.05, 0) is 37.1 Å². The number of carbonyl (C=O) groups excluding carboxylic acids is 1. The van der Waals surface area contributed by atoms with Gasteiger partial charge in [0.2, 0.25) is 5.91 Å². The van der Waals surface area contributed by atoms with Crippen molar-refractivity contribution in [2.75, 3.05) is 6.54 Å². The SMILES string of the molecule is CCC(C)N(CC(=O)O)C(=O)/C=C/c1ccc(C#N)cc1. The van der Waals surface area contributed by atoms with Crippen molar-refractivity contribution in [2.45, 2.75) is 26.3 Å². The second kappa shape index (κ2) is 7.85. The molecule has 0 aromatic heterocycles. The van der Waals surface area contributed by atoms with Crippen LogP contribution in [0.1, 0.15) is 31.4 Å². The lowest BCUT2D eigenvalue weighted by atomic mass is 10.1. The van der Waals surface area contributed by atoms with E-state index in [1.54, 1.807) is 30.3 Å². The van der Waals surface area contributed by atoms with Crippen molar-refractivity contribution in [2.24, 2.45) is 0 Å². The Balaban J connectivity index is 2.81. The van der Waals surface area contributed by atoms with Crippen LogP contribution < -0.4 is 0 Å². The molecule has 0 aliphatic heterocycles. The number of carboxylic acid groups (broad SMARTS) is 1. The smallest absolute Gasteiger partial charge is 0.323 e. The van der Waals surface area contributed by atoms with Gasteiger partial charge in [0.05, 0.1) is 11.6 Å². The Hall–Kier alpha value is -2.61. The summed E-state index contributed by atoms with van der Waals surface area (Å²) in [5, 5.41) is 17.6. The summed E-state index contributed by atoms with van der Waals surface area (Å²) in [4.78, 5) is 24.3. The standard InChI is InChI=1S/C16H18N2O3/c1-3-12(2)18(11-16(20)21)15(19)9-8-13-4-6-14(10-17)7-5-13/h4-9,12H,3,11H2,1-2H3,(H,20,21)/b9-8+. The van der Waals surface area contributed by atoms with Gasteiger partial charge in [-0.1, -0.05) is 19.1 Å². The lowest BCUT2D eigenvalue weighted by Crippen LogP contribution is -2.40. The number of amides is 1. The van der Waals surface area contributed by atoms with Gasteiger partial charge in [0.15, 0.2) is 0 Å². The highest BCUT2D eigenvalue weighted by molar-refractivity contribution is 5.93. The average Bonchev–Trinajstić information content (AvgIpc) is 2.49. The number of aliphatic carboxylic acids is 1. The van der Waals surface area contributed by atoms with Crippen molar-refractivity contribution in [1.29, 1.82) is 5.26 Å². The molecule has 0 saturated carbocycles. The average molecular weight is 286 g/mol. The van der Waals surface area contributed by atoms with E-state index >= 15 is 0 Å². The summed E-state index contributed by atoms with van der Waals surface area (Å²) < 4.78 is 0. The normalized spacial score (nSPS) is 11.9. The number of carbonyl (C=O) groups is 2. The Morgan fingerprint density at radius 3 is 2.48 bits per heavy atom. The molecule has 5 heteroatoms. The molecule has 0 fully saturated rings. The first-order valence-corrected chi connectivity index (χ1v) is 6.68. The summed E-state index contributed by atoms with van der Waals surface area (Å²) in [6.45, 7) is 3.40. The molecule has 1 rings (SSSR count). The van der Waals surface area contributed by atoms with Crippen LogP contribution in [-0.2, 0) is 9.59 Å². The van der Waals surface area contributed by atoms with Crippen LogP contribution in [0, 0.1) is 11.3 Å². The number of benzene rings is 1. The molecule has 1 aromatic carbocycles. The van der Waals surface area contributed by atoms with E-state index in [1.165, 1.54) is 11.0 Å². The van der Waals surface area contributed by atoms with Crippen LogP contribution in [0.15, 0.2) is 30.3 Å². The second-order valence-corrected chi connectivity index (χ2v) is 4.68. The Morgan fingerprint density at radius 2 is 2.00 bits per heavy atom. The Morgan fingerprint density at radius 1 is 1.38 bits per heavy atom. The third-order valence-corrected chi connectivity index (χ3v) is 3.17. The van der Waals surface area contributed by atoms with Gasteiger partial charge in [-0.25, -0.2) is 0 Å². The fourth-order valence-electron chi connectivity index (χ4n) is 1.75. The molecule has 1 aromatic rings. The first-order valence-electron chi connectivity index (χ1n) is 6.68. The van der Waals surface area contributed by atoms with Gasteiger partial charge in [-0.15, -0.1) is 0 Å². The predicted octanol–water partition coefficient (Wildman–Crippen LogP) is 2.28. The first-order chi connectivity index (χ1) is 9.97. The minimum absolute atomic E-state index is 0.140. The lowest BCUT2D eigenvalue weighted by molar-refractivity contribution is -0.144. The second-order valence-electron chi connectivity index (χ2n) is 4.68. The van der Waals surface area contributed by atoms with Gasteiger partial charge < -0.3 is 10.0 Å². The number of hydrogen-bond acceptors (Lipinski definition) is 3. The molecule has 0 saturated heterocycles. The molecule has 0 bridgehead atoms. The van der Waals surface area contributed by atoms with Crippen LogP contribution in [0.5, 0.6) is 0 Å². The summed E-state index contributed by atoms with van der Waals surface area (Å²) >= 11 is 0. The maximum absolute atomic E-state index is 12.1. The Bertz CT molecular complexity index is 570. The predicted molar refractivity (Wildman–Crippen MR) is 79.3 cm³/mol. The molecular weight excluding hydrogens is 268 g/mol. The highest BCUT2D eigenvalue weighted by atomic mass is 16.4. The summed E-state index contributed by atoms with van der Waals surface area (Å²) in [5.74, 6) is -1.37. The molecule has 21 heavy (non-hydrogen) atoms. The van der Waals surface area contributed by atoms with Gasteiger partial charge in [-0.3, -0.25) is 9.59 Å². The molecule has 0 spiro atoms. The fraction of sp³-hybridized carbons (Fsp3) is 0.312. The first kappa shape index (κ1) is 16.4. The molecule has 0 aliphatic rings. The van der Waals surface area contributed by atoms with Crippen LogP contribution >= 0.6 is 0 Å². The van der Waals surface area contributed by atoms with E-state index in [0.717, 1.165) is 5.56 Å². The fourth-order valence-corrected chi connectivity index (χ4v) is 1.75. The van der Waals surface area contributed by atoms with Gasteiger partial charge in [0.25, 0.3) is 0 Å². The van der Waals surface area contributed by atoms with E-state index in [9.17, 15) is 9.59 Å². The van der Waals surface area contributed by atoms with Gasteiger partial charge >= 0.3 is 5.97 Å². The topological polar surface area (TPSA) is 81.4 Å². The lowest BCUT2D eigenvalue weighted by Gasteiger charge is -2.25. The van der Waals surface area contributed by atoms with Crippen molar-refractivity contribution in [3.05, 3.63) is 41.5 Å². The Labute approximate surface area is 124 Å². The van der Waals surface area contributed by atoms with E-state index in [-0.39, 0.29) is 18.5 Å². The van der Waals surface area contributed by atoms with E-state index in [2.05, 4.69) is 0 Å². The van der Waals surface area contributed by atoms with Crippen LogP contribution in [0.2, 0.25) is 0 Å². The van der Waals surface area contributed by atoms with E-state index in [1.807, 2.05) is 19.9 Å². The number of nitriles is 1. The minimum atomic E-state index is -1.03. The van der Waals surface area contributed by atoms with E-state index in [4.69, 9.17) is 10.4 Å². The molecule has 1 amide bonds. The molecule has 0 radical (unpaired) electrons. The number of carboxylic acids is 1. The van der Waals surface area contributed by atoms with Crippen LogP contribution in [0.4, 0.5) is 0 Å². The third kappa shape index (κ3) is 5.11.